The highest BCUT2D eigenvalue weighted by molar-refractivity contribution is 6.30. The predicted molar refractivity (Wildman–Crippen MR) is 81.2 cm³/mol. The molecule has 0 atom stereocenters. The van der Waals surface area contributed by atoms with Crippen molar-refractivity contribution in [1.82, 2.24) is 20.3 Å². The van der Waals surface area contributed by atoms with Gasteiger partial charge < -0.3 is 14.8 Å². The molecule has 0 aliphatic carbocycles. The Morgan fingerprint density at radius 2 is 1.95 bits per heavy atom. The number of methoxy groups -OCH3 is 2. The molecule has 22 heavy (non-hydrogen) atoms. The van der Waals surface area contributed by atoms with Crippen LogP contribution >= 0.6 is 11.6 Å². The largest absolute Gasteiger partial charge is 0.354 e. The molecule has 1 heterocycles. The van der Waals surface area contributed by atoms with Gasteiger partial charge in [-0.05, 0) is 31.2 Å². The van der Waals surface area contributed by atoms with E-state index in [9.17, 15) is 4.79 Å². The van der Waals surface area contributed by atoms with Crippen LogP contribution in [0.4, 0.5) is 0 Å². The van der Waals surface area contributed by atoms with Crippen molar-refractivity contribution < 1.29 is 14.3 Å². The molecule has 118 valence electrons. The first kappa shape index (κ1) is 16.4. The van der Waals surface area contributed by atoms with E-state index < -0.39 is 6.29 Å². The summed E-state index contributed by atoms with van der Waals surface area (Å²) in [7, 11) is 3.00. The summed E-state index contributed by atoms with van der Waals surface area (Å²) in [6, 6.07) is 7.11. The number of rotatable bonds is 6. The van der Waals surface area contributed by atoms with E-state index in [4.69, 9.17) is 21.1 Å². The maximum absolute atomic E-state index is 12.1. The third-order valence-corrected chi connectivity index (χ3v) is 3.39. The van der Waals surface area contributed by atoms with Crippen molar-refractivity contribution in [2.45, 2.75) is 13.2 Å². The highest BCUT2D eigenvalue weighted by atomic mass is 35.5. The van der Waals surface area contributed by atoms with E-state index in [2.05, 4.69) is 15.6 Å². The van der Waals surface area contributed by atoms with E-state index in [1.165, 1.54) is 14.2 Å². The van der Waals surface area contributed by atoms with Crippen LogP contribution in [0, 0.1) is 6.92 Å². The number of nitrogens with one attached hydrogen (secondary N) is 1. The molecule has 7 nitrogen and oxygen atoms in total. The van der Waals surface area contributed by atoms with Crippen LogP contribution in [0.25, 0.3) is 5.69 Å². The first-order chi connectivity index (χ1) is 10.6. The quantitative estimate of drug-likeness (QED) is 0.816. The number of carbonyl (C=O) groups excluding carboxylic acids is 1. The lowest BCUT2D eigenvalue weighted by molar-refractivity contribution is -0.0974. The number of aromatic nitrogens is 3. The Bertz CT molecular complexity index is 638. The number of nitrogens with zero attached hydrogens (tertiary/aromatic N) is 3. The molecular weight excluding hydrogens is 308 g/mol. The summed E-state index contributed by atoms with van der Waals surface area (Å²) in [6.07, 6.45) is -0.504. The Morgan fingerprint density at radius 1 is 1.32 bits per heavy atom. The summed E-state index contributed by atoms with van der Waals surface area (Å²) in [5.41, 5.74) is 1.66. The molecular formula is C14H17ClN4O3. The van der Waals surface area contributed by atoms with Gasteiger partial charge >= 0.3 is 0 Å². The molecule has 8 heteroatoms. The van der Waals surface area contributed by atoms with Gasteiger partial charge in [0.25, 0.3) is 5.91 Å². The molecule has 0 unspecified atom stereocenters. The second-order valence-corrected chi connectivity index (χ2v) is 4.96. The number of halogens is 1. The van der Waals surface area contributed by atoms with Crippen LogP contribution in [0.15, 0.2) is 24.3 Å². The average molecular weight is 325 g/mol. The number of carbonyl (C=O) groups is 1. The number of amides is 1. The Morgan fingerprint density at radius 3 is 2.55 bits per heavy atom. The van der Waals surface area contributed by atoms with Gasteiger partial charge in [0.2, 0.25) is 0 Å². The van der Waals surface area contributed by atoms with Gasteiger partial charge in [-0.1, -0.05) is 16.8 Å². The third-order valence-electron chi connectivity index (χ3n) is 3.14. The van der Waals surface area contributed by atoms with E-state index >= 15 is 0 Å². The molecule has 0 aliphatic heterocycles. The van der Waals surface area contributed by atoms with Crippen LogP contribution in [0.5, 0.6) is 0 Å². The normalized spacial score (nSPS) is 11.0. The highest BCUT2D eigenvalue weighted by Crippen LogP contribution is 2.15. The molecule has 0 fully saturated rings. The fraction of sp³-hybridized carbons (Fsp3) is 0.357. The Kier molecular flexibility index (Phi) is 5.48. The zero-order valence-electron chi connectivity index (χ0n) is 12.5. The molecule has 2 rings (SSSR count). The van der Waals surface area contributed by atoms with Gasteiger partial charge in [0.1, 0.15) is 0 Å². The van der Waals surface area contributed by atoms with Gasteiger partial charge in [-0.3, -0.25) is 4.79 Å². The zero-order chi connectivity index (χ0) is 16.1. The molecule has 0 saturated carbocycles. The molecule has 1 amide bonds. The number of hydrogen-bond donors (Lipinski definition) is 1. The summed E-state index contributed by atoms with van der Waals surface area (Å²) < 4.78 is 11.6. The van der Waals surface area contributed by atoms with Crippen molar-refractivity contribution in [1.29, 1.82) is 0 Å². The minimum absolute atomic E-state index is 0.221. The Labute approximate surface area is 133 Å². The predicted octanol–water partition coefficient (Wildman–Crippen LogP) is 1.58. The van der Waals surface area contributed by atoms with Crippen LogP contribution in [-0.2, 0) is 9.47 Å². The van der Waals surface area contributed by atoms with Gasteiger partial charge in [-0.15, -0.1) is 5.10 Å². The number of benzene rings is 1. The van der Waals surface area contributed by atoms with Crippen LogP contribution in [0.1, 0.15) is 16.2 Å². The molecule has 0 spiro atoms. The van der Waals surface area contributed by atoms with Crippen LogP contribution in [0.2, 0.25) is 5.02 Å². The average Bonchev–Trinajstić information content (AvgIpc) is 2.90. The fourth-order valence-electron chi connectivity index (χ4n) is 1.89. The third kappa shape index (κ3) is 3.62. The summed E-state index contributed by atoms with van der Waals surface area (Å²) >= 11 is 5.86. The highest BCUT2D eigenvalue weighted by Gasteiger charge is 2.18. The fourth-order valence-corrected chi connectivity index (χ4v) is 2.02. The molecule has 0 saturated heterocycles. The van der Waals surface area contributed by atoms with Gasteiger partial charge in [-0.25, -0.2) is 4.68 Å². The van der Waals surface area contributed by atoms with Crippen molar-refractivity contribution in [3.05, 3.63) is 40.7 Å². The molecule has 0 bridgehead atoms. The lowest BCUT2D eigenvalue weighted by Gasteiger charge is -2.13. The SMILES string of the molecule is COC(CNC(=O)c1nnn(-c2ccc(Cl)cc2)c1C)OC. The minimum atomic E-state index is -0.504. The second kappa shape index (κ2) is 7.35. The molecule has 0 radical (unpaired) electrons. The lowest BCUT2D eigenvalue weighted by atomic mass is 10.3. The Balaban J connectivity index is 2.13. The van der Waals surface area contributed by atoms with Crippen LogP contribution < -0.4 is 5.32 Å². The van der Waals surface area contributed by atoms with Crippen LogP contribution in [-0.4, -0.2) is 48.0 Å². The summed E-state index contributed by atoms with van der Waals surface area (Å²) in [4.78, 5) is 12.1. The van der Waals surface area contributed by atoms with Crippen molar-refractivity contribution in [3.63, 3.8) is 0 Å². The Hall–Kier alpha value is -1.96. The van der Waals surface area contributed by atoms with E-state index in [-0.39, 0.29) is 18.1 Å². The van der Waals surface area contributed by atoms with Gasteiger partial charge in [0.15, 0.2) is 12.0 Å². The van der Waals surface area contributed by atoms with Crippen molar-refractivity contribution in [2.24, 2.45) is 0 Å². The number of hydrogen-bond acceptors (Lipinski definition) is 5. The number of ether oxygens (including phenoxy) is 2. The summed E-state index contributed by atoms with van der Waals surface area (Å²) in [5, 5.41) is 11.3. The maximum Gasteiger partial charge on any atom is 0.273 e. The van der Waals surface area contributed by atoms with E-state index in [1.54, 1.807) is 35.9 Å². The van der Waals surface area contributed by atoms with E-state index in [0.29, 0.717) is 10.7 Å². The minimum Gasteiger partial charge on any atom is -0.354 e. The van der Waals surface area contributed by atoms with E-state index in [1.807, 2.05) is 0 Å². The second-order valence-electron chi connectivity index (χ2n) is 4.52. The molecule has 2 aromatic rings. The summed E-state index contributed by atoms with van der Waals surface area (Å²) in [5.74, 6) is -0.336. The molecule has 0 aliphatic rings. The van der Waals surface area contributed by atoms with E-state index in [0.717, 1.165) is 5.69 Å². The topological polar surface area (TPSA) is 78.3 Å². The van der Waals surface area contributed by atoms with Crippen molar-refractivity contribution >= 4 is 17.5 Å². The lowest BCUT2D eigenvalue weighted by Crippen LogP contribution is -2.34. The van der Waals surface area contributed by atoms with Gasteiger partial charge in [0.05, 0.1) is 17.9 Å². The molecule has 1 aromatic heterocycles. The monoisotopic (exact) mass is 324 g/mol. The summed E-state index contributed by atoms with van der Waals surface area (Å²) in [6.45, 7) is 1.99. The van der Waals surface area contributed by atoms with Gasteiger partial charge in [0, 0.05) is 19.2 Å². The first-order valence-electron chi connectivity index (χ1n) is 6.58. The maximum atomic E-state index is 12.1. The van der Waals surface area contributed by atoms with Crippen molar-refractivity contribution in [3.8, 4) is 5.69 Å². The smallest absolute Gasteiger partial charge is 0.273 e. The standard InChI is InChI=1S/C14H17ClN4O3/c1-9-13(14(20)16-8-12(21-2)22-3)17-18-19(9)11-6-4-10(15)5-7-11/h4-7,12H,8H2,1-3H3,(H,16,20). The van der Waals surface area contributed by atoms with Crippen LogP contribution in [0.3, 0.4) is 0 Å². The van der Waals surface area contributed by atoms with Gasteiger partial charge in [-0.2, -0.15) is 0 Å². The zero-order valence-corrected chi connectivity index (χ0v) is 13.3. The molecule has 1 N–H and O–H groups in total. The van der Waals surface area contributed by atoms with Crippen molar-refractivity contribution in [2.75, 3.05) is 20.8 Å². The molecule has 1 aromatic carbocycles. The first-order valence-corrected chi connectivity index (χ1v) is 6.96.